The molecule has 0 spiro atoms. The first-order chi connectivity index (χ1) is 10.6. The van der Waals surface area contributed by atoms with Crippen LogP contribution in [0.1, 0.15) is 42.5 Å². The smallest absolute Gasteiger partial charge is 0.254 e. The summed E-state index contributed by atoms with van der Waals surface area (Å²) in [6.07, 6.45) is 5.50. The van der Waals surface area contributed by atoms with E-state index in [1.165, 1.54) is 6.42 Å². The number of benzene rings is 1. The number of carbonyl (C=O) groups is 1. The third-order valence-corrected chi connectivity index (χ3v) is 4.38. The van der Waals surface area contributed by atoms with E-state index >= 15 is 0 Å². The number of ether oxygens (including phenoxy) is 1. The SMILES string of the molecule is COCCC[C@@H]1CCCCN1C(=O)c1cccc(N(C)C)c1. The molecule has 4 nitrogen and oxygen atoms in total. The third kappa shape index (κ3) is 4.23. The maximum Gasteiger partial charge on any atom is 0.254 e. The minimum atomic E-state index is 0.172. The average molecular weight is 304 g/mol. The van der Waals surface area contributed by atoms with E-state index < -0.39 is 0 Å². The van der Waals surface area contributed by atoms with Gasteiger partial charge >= 0.3 is 0 Å². The number of carbonyl (C=O) groups excluding carboxylic acids is 1. The molecule has 1 fully saturated rings. The molecule has 4 heteroatoms. The zero-order valence-corrected chi connectivity index (χ0v) is 14.0. The molecule has 1 aromatic rings. The Morgan fingerprint density at radius 2 is 2.18 bits per heavy atom. The molecule has 0 aliphatic carbocycles. The van der Waals surface area contributed by atoms with Crippen molar-refractivity contribution in [3.63, 3.8) is 0 Å². The maximum absolute atomic E-state index is 12.9. The van der Waals surface area contributed by atoms with Gasteiger partial charge in [0.15, 0.2) is 0 Å². The molecule has 1 aliphatic heterocycles. The molecule has 0 saturated carbocycles. The van der Waals surface area contributed by atoms with Gasteiger partial charge in [0.1, 0.15) is 0 Å². The van der Waals surface area contributed by atoms with Gasteiger partial charge in [-0.3, -0.25) is 4.79 Å². The van der Waals surface area contributed by atoms with Crippen molar-refractivity contribution in [1.29, 1.82) is 0 Å². The van der Waals surface area contributed by atoms with Gasteiger partial charge in [0.05, 0.1) is 0 Å². The summed E-state index contributed by atoms with van der Waals surface area (Å²) in [7, 11) is 5.73. The third-order valence-electron chi connectivity index (χ3n) is 4.38. The Kier molecular flexibility index (Phi) is 6.25. The second-order valence-electron chi connectivity index (χ2n) is 6.23. The average Bonchev–Trinajstić information content (AvgIpc) is 2.55. The molecule has 0 unspecified atom stereocenters. The Morgan fingerprint density at radius 3 is 2.91 bits per heavy atom. The van der Waals surface area contributed by atoms with Gasteiger partial charge in [0, 0.05) is 51.6 Å². The van der Waals surface area contributed by atoms with Gasteiger partial charge in [0.25, 0.3) is 5.91 Å². The zero-order chi connectivity index (χ0) is 15.9. The molecular weight excluding hydrogens is 276 g/mol. The van der Waals surface area contributed by atoms with Gasteiger partial charge in [-0.1, -0.05) is 6.07 Å². The lowest BCUT2D eigenvalue weighted by Crippen LogP contribution is -2.43. The van der Waals surface area contributed by atoms with Crippen molar-refractivity contribution in [2.24, 2.45) is 0 Å². The number of rotatable bonds is 6. The van der Waals surface area contributed by atoms with Crippen LogP contribution in [0.2, 0.25) is 0 Å². The van der Waals surface area contributed by atoms with Crippen LogP contribution in [0.5, 0.6) is 0 Å². The summed E-state index contributed by atoms with van der Waals surface area (Å²) in [6, 6.07) is 8.27. The Morgan fingerprint density at radius 1 is 1.36 bits per heavy atom. The van der Waals surface area contributed by atoms with Crippen molar-refractivity contribution in [2.75, 3.05) is 39.3 Å². The van der Waals surface area contributed by atoms with Gasteiger partial charge < -0.3 is 14.5 Å². The normalized spacial score (nSPS) is 18.3. The van der Waals surface area contributed by atoms with Crippen LogP contribution < -0.4 is 4.90 Å². The summed E-state index contributed by atoms with van der Waals surface area (Å²) < 4.78 is 5.15. The van der Waals surface area contributed by atoms with Crippen LogP contribution in [0.4, 0.5) is 5.69 Å². The summed E-state index contributed by atoms with van der Waals surface area (Å²) in [5.41, 5.74) is 1.86. The van der Waals surface area contributed by atoms with Crippen LogP contribution in [0.3, 0.4) is 0 Å². The molecule has 0 bridgehead atoms. The van der Waals surface area contributed by atoms with Crippen molar-refractivity contribution in [3.8, 4) is 0 Å². The molecule has 1 aromatic carbocycles. The van der Waals surface area contributed by atoms with Gasteiger partial charge in [-0.15, -0.1) is 0 Å². The molecule has 1 heterocycles. The largest absolute Gasteiger partial charge is 0.385 e. The highest BCUT2D eigenvalue weighted by Gasteiger charge is 2.27. The Balaban J connectivity index is 2.09. The highest BCUT2D eigenvalue weighted by atomic mass is 16.5. The fraction of sp³-hybridized carbons (Fsp3) is 0.611. The maximum atomic E-state index is 12.9. The monoisotopic (exact) mass is 304 g/mol. The standard InChI is InChI=1S/C18H28N2O2/c1-19(2)17-10-6-8-15(14-17)18(21)20-12-5-4-9-16(20)11-7-13-22-3/h6,8,10,14,16H,4-5,7,9,11-13H2,1-3H3/t16-/m0/s1. The first-order valence-corrected chi connectivity index (χ1v) is 8.20. The molecule has 1 amide bonds. The summed E-state index contributed by atoms with van der Waals surface area (Å²) in [4.78, 5) is 17.0. The fourth-order valence-corrected chi connectivity index (χ4v) is 3.11. The van der Waals surface area contributed by atoms with Crippen molar-refractivity contribution in [1.82, 2.24) is 4.90 Å². The Hall–Kier alpha value is -1.55. The Bertz CT molecular complexity index is 488. The molecular formula is C18H28N2O2. The molecule has 1 saturated heterocycles. The molecule has 0 radical (unpaired) electrons. The molecule has 2 rings (SSSR count). The van der Waals surface area contributed by atoms with E-state index in [-0.39, 0.29) is 5.91 Å². The van der Waals surface area contributed by atoms with Crippen LogP contribution in [0.25, 0.3) is 0 Å². The van der Waals surface area contributed by atoms with Crippen LogP contribution in [-0.2, 0) is 4.74 Å². The van der Waals surface area contributed by atoms with Crippen molar-refractivity contribution in [2.45, 2.75) is 38.1 Å². The quantitative estimate of drug-likeness (QED) is 0.757. The lowest BCUT2D eigenvalue weighted by molar-refractivity contribution is 0.0585. The predicted octanol–water partition coefficient (Wildman–Crippen LogP) is 3.17. The van der Waals surface area contributed by atoms with Gasteiger partial charge in [-0.25, -0.2) is 0 Å². The number of amides is 1. The summed E-state index contributed by atoms with van der Waals surface area (Å²) in [5, 5.41) is 0. The number of piperidine rings is 1. The van der Waals surface area contributed by atoms with Crippen molar-refractivity contribution >= 4 is 11.6 Å². The van der Waals surface area contributed by atoms with E-state index in [9.17, 15) is 4.79 Å². The van der Waals surface area contributed by atoms with Crippen LogP contribution in [0.15, 0.2) is 24.3 Å². The topological polar surface area (TPSA) is 32.8 Å². The molecule has 1 aliphatic rings. The number of anilines is 1. The second kappa shape index (κ2) is 8.18. The Labute approximate surface area is 134 Å². The highest BCUT2D eigenvalue weighted by Crippen LogP contribution is 2.24. The van der Waals surface area contributed by atoms with Crippen LogP contribution in [-0.4, -0.2) is 51.2 Å². The van der Waals surface area contributed by atoms with Crippen molar-refractivity contribution in [3.05, 3.63) is 29.8 Å². The van der Waals surface area contributed by atoms with E-state index in [1.807, 2.05) is 43.3 Å². The van der Waals surface area contributed by atoms with Gasteiger partial charge in [0.2, 0.25) is 0 Å². The van der Waals surface area contributed by atoms with E-state index in [0.29, 0.717) is 6.04 Å². The van der Waals surface area contributed by atoms with Gasteiger partial charge in [-0.2, -0.15) is 0 Å². The summed E-state index contributed by atoms with van der Waals surface area (Å²) >= 11 is 0. The van der Waals surface area contributed by atoms with E-state index in [4.69, 9.17) is 4.74 Å². The number of hydrogen-bond donors (Lipinski definition) is 0. The zero-order valence-electron chi connectivity index (χ0n) is 14.0. The molecule has 0 N–H and O–H groups in total. The van der Waals surface area contributed by atoms with E-state index in [0.717, 1.165) is 50.1 Å². The molecule has 122 valence electrons. The highest BCUT2D eigenvalue weighted by molar-refractivity contribution is 5.95. The fourth-order valence-electron chi connectivity index (χ4n) is 3.11. The lowest BCUT2D eigenvalue weighted by Gasteiger charge is -2.36. The minimum absolute atomic E-state index is 0.172. The first kappa shape index (κ1) is 16.8. The molecule has 22 heavy (non-hydrogen) atoms. The molecule has 1 atom stereocenters. The van der Waals surface area contributed by atoms with Crippen LogP contribution >= 0.6 is 0 Å². The predicted molar refractivity (Wildman–Crippen MR) is 90.6 cm³/mol. The van der Waals surface area contributed by atoms with Crippen LogP contribution in [0, 0.1) is 0 Å². The number of methoxy groups -OCH3 is 1. The van der Waals surface area contributed by atoms with E-state index in [2.05, 4.69) is 4.90 Å². The lowest BCUT2D eigenvalue weighted by atomic mass is 9.97. The first-order valence-electron chi connectivity index (χ1n) is 8.20. The summed E-state index contributed by atoms with van der Waals surface area (Å²) in [5.74, 6) is 0.172. The molecule has 0 aromatic heterocycles. The van der Waals surface area contributed by atoms with Gasteiger partial charge in [-0.05, 0) is 50.3 Å². The minimum Gasteiger partial charge on any atom is -0.385 e. The number of hydrogen-bond acceptors (Lipinski definition) is 3. The second-order valence-corrected chi connectivity index (χ2v) is 6.23. The van der Waals surface area contributed by atoms with E-state index in [1.54, 1.807) is 7.11 Å². The summed E-state index contributed by atoms with van der Waals surface area (Å²) in [6.45, 7) is 1.65. The number of nitrogens with zero attached hydrogens (tertiary/aromatic N) is 2. The van der Waals surface area contributed by atoms with Crippen molar-refractivity contribution < 1.29 is 9.53 Å². The number of likely N-dealkylation sites (tertiary alicyclic amines) is 1.